The van der Waals surface area contributed by atoms with Gasteiger partial charge in [0.05, 0.1) is 6.42 Å². The lowest BCUT2D eigenvalue weighted by Crippen LogP contribution is -2.47. The van der Waals surface area contributed by atoms with E-state index < -0.39 is 5.97 Å². The minimum atomic E-state index is -0.706. The molecular formula is C9H17NO2. The molecule has 0 amide bonds. The van der Waals surface area contributed by atoms with E-state index in [2.05, 4.69) is 19.2 Å². The zero-order valence-electron chi connectivity index (χ0n) is 7.76. The molecule has 12 heavy (non-hydrogen) atoms. The maximum Gasteiger partial charge on any atom is 0.304 e. The second-order valence-electron chi connectivity index (χ2n) is 4.20. The van der Waals surface area contributed by atoms with Crippen molar-refractivity contribution in [1.82, 2.24) is 5.32 Å². The molecule has 1 aliphatic rings. The SMILES string of the molecule is CC1(C)CCCNC1CC(=O)O. The van der Waals surface area contributed by atoms with Crippen LogP contribution in [0, 0.1) is 5.41 Å². The standard InChI is InChI=1S/C9H17NO2/c1-9(2)4-3-5-10-7(9)6-8(11)12/h7,10H,3-6H2,1-2H3,(H,11,12). The second-order valence-corrected chi connectivity index (χ2v) is 4.20. The Bertz CT molecular complexity index is 177. The summed E-state index contributed by atoms with van der Waals surface area (Å²) >= 11 is 0. The Labute approximate surface area is 73.2 Å². The van der Waals surface area contributed by atoms with E-state index >= 15 is 0 Å². The minimum absolute atomic E-state index is 0.136. The Kier molecular flexibility index (Phi) is 2.73. The van der Waals surface area contributed by atoms with Gasteiger partial charge in [-0.15, -0.1) is 0 Å². The van der Waals surface area contributed by atoms with Crippen molar-refractivity contribution >= 4 is 5.97 Å². The molecule has 0 saturated carbocycles. The molecule has 1 aliphatic heterocycles. The van der Waals surface area contributed by atoms with Gasteiger partial charge in [-0.2, -0.15) is 0 Å². The van der Waals surface area contributed by atoms with Gasteiger partial charge in [0.25, 0.3) is 0 Å². The van der Waals surface area contributed by atoms with E-state index in [1.165, 1.54) is 0 Å². The predicted molar refractivity (Wildman–Crippen MR) is 47.1 cm³/mol. The number of hydrogen-bond donors (Lipinski definition) is 2. The average molecular weight is 171 g/mol. The van der Waals surface area contributed by atoms with Crippen molar-refractivity contribution in [2.75, 3.05) is 6.54 Å². The monoisotopic (exact) mass is 171 g/mol. The zero-order valence-corrected chi connectivity index (χ0v) is 7.76. The number of hydrogen-bond acceptors (Lipinski definition) is 2. The number of aliphatic carboxylic acids is 1. The van der Waals surface area contributed by atoms with E-state index in [4.69, 9.17) is 5.11 Å². The summed E-state index contributed by atoms with van der Waals surface area (Å²) in [4.78, 5) is 10.5. The Morgan fingerprint density at radius 1 is 1.67 bits per heavy atom. The molecule has 0 radical (unpaired) electrons. The highest BCUT2D eigenvalue weighted by atomic mass is 16.4. The first-order chi connectivity index (χ1) is 5.52. The van der Waals surface area contributed by atoms with Gasteiger partial charge in [-0.05, 0) is 24.8 Å². The molecule has 2 N–H and O–H groups in total. The summed E-state index contributed by atoms with van der Waals surface area (Å²) in [5.41, 5.74) is 0.136. The van der Waals surface area contributed by atoms with Crippen LogP contribution in [0.25, 0.3) is 0 Å². The summed E-state index contributed by atoms with van der Waals surface area (Å²) in [5.74, 6) is -0.706. The van der Waals surface area contributed by atoms with Crippen molar-refractivity contribution in [3.05, 3.63) is 0 Å². The summed E-state index contributed by atoms with van der Waals surface area (Å²) in [6, 6.07) is 0.142. The molecule has 70 valence electrons. The third-order valence-corrected chi connectivity index (χ3v) is 2.71. The van der Waals surface area contributed by atoms with Gasteiger partial charge in [0.1, 0.15) is 0 Å². The van der Waals surface area contributed by atoms with Crippen LogP contribution in [0.1, 0.15) is 33.1 Å². The Morgan fingerprint density at radius 2 is 2.33 bits per heavy atom. The van der Waals surface area contributed by atoms with Crippen LogP contribution in [0.5, 0.6) is 0 Å². The topological polar surface area (TPSA) is 49.3 Å². The van der Waals surface area contributed by atoms with Gasteiger partial charge in [0.15, 0.2) is 0 Å². The Hall–Kier alpha value is -0.570. The average Bonchev–Trinajstić information content (AvgIpc) is 1.92. The zero-order chi connectivity index (χ0) is 9.19. The van der Waals surface area contributed by atoms with Crippen molar-refractivity contribution in [3.63, 3.8) is 0 Å². The van der Waals surface area contributed by atoms with E-state index in [-0.39, 0.29) is 17.9 Å². The second kappa shape index (κ2) is 3.44. The first kappa shape index (κ1) is 9.52. The highest BCUT2D eigenvalue weighted by Gasteiger charge is 2.33. The van der Waals surface area contributed by atoms with Crippen LogP contribution in [-0.2, 0) is 4.79 Å². The first-order valence-electron chi connectivity index (χ1n) is 4.47. The van der Waals surface area contributed by atoms with Crippen molar-refractivity contribution in [3.8, 4) is 0 Å². The molecule has 1 unspecified atom stereocenters. The fraction of sp³-hybridized carbons (Fsp3) is 0.889. The maximum absolute atomic E-state index is 10.5. The summed E-state index contributed by atoms with van der Waals surface area (Å²) in [6.07, 6.45) is 2.52. The van der Waals surface area contributed by atoms with Gasteiger partial charge < -0.3 is 10.4 Å². The summed E-state index contributed by atoms with van der Waals surface area (Å²) in [7, 11) is 0. The maximum atomic E-state index is 10.5. The quantitative estimate of drug-likeness (QED) is 0.657. The number of carbonyl (C=O) groups is 1. The van der Waals surface area contributed by atoms with E-state index in [0.29, 0.717) is 0 Å². The van der Waals surface area contributed by atoms with Crippen LogP contribution >= 0.6 is 0 Å². The Balaban J connectivity index is 2.54. The predicted octanol–water partition coefficient (Wildman–Crippen LogP) is 1.24. The smallest absolute Gasteiger partial charge is 0.304 e. The number of carboxylic acid groups (broad SMARTS) is 1. The van der Waals surface area contributed by atoms with E-state index in [0.717, 1.165) is 19.4 Å². The lowest BCUT2D eigenvalue weighted by atomic mass is 9.76. The highest BCUT2D eigenvalue weighted by Crippen LogP contribution is 2.31. The molecule has 1 rings (SSSR count). The highest BCUT2D eigenvalue weighted by molar-refractivity contribution is 5.67. The van der Waals surface area contributed by atoms with Crippen LogP contribution in [-0.4, -0.2) is 23.7 Å². The van der Waals surface area contributed by atoms with Crippen molar-refractivity contribution < 1.29 is 9.90 Å². The lowest BCUT2D eigenvalue weighted by Gasteiger charge is -2.38. The van der Waals surface area contributed by atoms with Crippen LogP contribution in [0.2, 0.25) is 0 Å². The molecule has 3 nitrogen and oxygen atoms in total. The van der Waals surface area contributed by atoms with Gasteiger partial charge in [-0.1, -0.05) is 13.8 Å². The molecule has 1 atom stereocenters. The summed E-state index contributed by atoms with van der Waals surface area (Å²) in [6.45, 7) is 5.22. The van der Waals surface area contributed by atoms with Crippen LogP contribution in [0.3, 0.4) is 0 Å². The van der Waals surface area contributed by atoms with E-state index in [1.54, 1.807) is 0 Å². The van der Waals surface area contributed by atoms with Gasteiger partial charge in [-0.25, -0.2) is 0 Å². The van der Waals surface area contributed by atoms with Crippen molar-refractivity contribution in [2.45, 2.75) is 39.2 Å². The summed E-state index contributed by atoms with van der Waals surface area (Å²) < 4.78 is 0. The molecule has 0 aromatic heterocycles. The van der Waals surface area contributed by atoms with Crippen LogP contribution in [0.15, 0.2) is 0 Å². The molecule has 0 aliphatic carbocycles. The van der Waals surface area contributed by atoms with Crippen molar-refractivity contribution in [2.24, 2.45) is 5.41 Å². The number of piperidine rings is 1. The van der Waals surface area contributed by atoms with Gasteiger partial charge in [0, 0.05) is 6.04 Å². The van der Waals surface area contributed by atoms with Gasteiger partial charge >= 0.3 is 5.97 Å². The van der Waals surface area contributed by atoms with Crippen LogP contribution < -0.4 is 5.32 Å². The van der Waals surface area contributed by atoms with E-state index in [9.17, 15) is 4.79 Å². The largest absolute Gasteiger partial charge is 0.481 e. The molecule has 0 aromatic carbocycles. The lowest BCUT2D eigenvalue weighted by molar-refractivity contribution is -0.138. The molecule has 1 fully saturated rings. The third kappa shape index (κ3) is 2.21. The third-order valence-electron chi connectivity index (χ3n) is 2.71. The normalized spacial score (nSPS) is 28.3. The van der Waals surface area contributed by atoms with Crippen LogP contribution in [0.4, 0.5) is 0 Å². The number of carboxylic acids is 1. The molecular weight excluding hydrogens is 154 g/mol. The fourth-order valence-corrected chi connectivity index (χ4v) is 1.79. The molecule has 0 aromatic rings. The molecule has 3 heteroatoms. The molecule has 1 heterocycles. The fourth-order valence-electron chi connectivity index (χ4n) is 1.79. The summed E-state index contributed by atoms with van der Waals surface area (Å²) in [5, 5.41) is 11.9. The Morgan fingerprint density at radius 3 is 2.83 bits per heavy atom. The molecule has 1 saturated heterocycles. The first-order valence-corrected chi connectivity index (χ1v) is 4.47. The van der Waals surface area contributed by atoms with Gasteiger partial charge in [0.2, 0.25) is 0 Å². The number of rotatable bonds is 2. The van der Waals surface area contributed by atoms with E-state index in [1.807, 2.05) is 0 Å². The minimum Gasteiger partial charge on any atom is -0.481 e. The molecule has 0 bridgehead atoms. The number of nitrogens with one attached hydrogen (secondary N) is 1. The van der Waals surface area contributed by atoms with Crippen molar-refractivity contribution in [1.29, 1.82) is 0 Å². The van der Waals surface area contributed by atoms with Gasteiger partial charge in [-0.3, -0.25) is 4.79 Å². The molecule has 0 spiro atoms.